The topological polar surface area (TPSA) is 49.9 Å². The molecule has 2 amide bonds. The van der Waals surface area contributed by atoms with Crippen LogP contribution in [0.5, 0.6) is 5.75 Å². The zero-order valence-corrected chi connectivity index (χ0v) is 16.0. The molecule has 1 fully saturated rings. The molecule has 0 bridgehead atoms. The molecule has 0 atom stereocenters. The molecule has 0 unspecified atom stereocenters. The standard InChI is InChI=1S/C21H30N2O3/c1-3-16(4-2)20(24)22-10-6-11-23(13-12-22)21(25)18-8-9-19-17(15-18)7-5-14-26-19/h8-9,15-16H,3-7,10-14H2,1-2H3. The summed E-state index contributed by atoms with van der Waals surface area (Å²) in [6.07, 6.45) is 4.57. The maximum Gasteiger partial charge on any atom is 0.253 e. The molecule has 5 heteroatoms. The fraction of sp³-hybridized carbons (Fsp3) is 0.619. The summed E-state index contributed by atoms with van der Waals surface area (Å²) in [7, 11) is 0. The molecule has 0 aromatic heterocycles. The summed E-state index contributed by atoms with van der Waals surface area (Å²) in [5, 5.41) is 0. The van der Waals surface area contributed by atoms with Crippen molar-refractivity contribution in [3.63, 3.8) is 0 Å². The number of benzene rings is 1. The highest BCUT2D eigenvalue weighted by molar-refractivity contribution is 5.94. The number of aryl methyl sites for hydroxylation is 1. The van der Waals surface area contributed by atoms with Gasteiger partial charge in [-0.25, -0.2) is 0 Å². The Morgan fingerprint density at radius 3 is 2.54 bits per heavy atom. The fourth-order valence-corrected chi connectivity index (χ4v) is 3.91. The molecule has 1 aromatic carbocycles. The molecular weight excluding hydrogens is 328 g/mol. The van der Waals surface area contributed by atoms with Crippen molar-refractivity contribution in [2.45, 2.75) is 46.0 Å². The van der Waals surface area contributed by atoms with E-state index in [1.54, 1.807) is 0 Å². The van der Waals surface area contributed by atoms with Crippen LogP contribution in [0.4, 0.5) is 0 Å². The number of hydrogen-bond acceptors (Lipinski definition) is 3. The number of rotatable bonds is 4. The molecule has 0 radical (unpaired) electrons. The Morgan fingerprint density at radius 1 is 1.04 bits per heavy atom. The van der Waals surface area contributed by atoms with Gasteiger partial charge in [0.1, 0.15) is 5.75 Å². The van der Waals surface area contributed by atoms with E-state index in [0.717, 1.165) is 62.1 Å². The Labute approximate surface area is 156 Å². The van der Waals surface area contributed by atoms with Crippen molar-refractivity contribution in [2.24, 2.45) is 5.92 Å². The molecule has 2 heterocycles. The Morgan fingerprint density at radius 2 is 1.77 bits per heavy atom. The van der Waals surface area contributed by atoms with Crippen molar-refractivity contribution < 1.29 is 14.3 Å². The van der Waals surface area contributed by atoms with Crippen LogP contribution < -0.4 is 4.74 Å². The minimum absolute atomic E-state index is 0.0650. The first-order valence-corrected chi connectivity index (χ1v) is 9.97. The highest BCUT2D eigenvalue weighted by Gasteiger charge is 2.26. The van der Waals surface area contributed by atoms with Crippen molar-refractivity contribution in [2.75, 3.05) is 32.8 Å². The fourth-order valence-electron chi connectivity index (χ4n) is 3.91. The van der Waals surface area contributed by atoms with Crippen molar-refractivity contribution in [3.8, 4) is 5.75 Å². The maximum absolute atomic E-state index is 12.9. The highest BCUT2D eigenvalue weighted by Crippen LogP contribution is 2.26. The van der Waals surface area contributed by atoms with Gasteiger partial charge in [0.05, 0.1) is 6.61 Å². The van der Waals surface area contributed by atoms with Crippen LogP contribution in [0, 0.1) is 5.92 Å². The van der Waals surface area contributed by atoms with E-state index in [1.807, 2.05) is 28.0 Å². The van der Waals surface area contributed by atoms with Gasteiger partial charge in [-0.1, -0.05) is 13.8 Å². The third-order valence-corrected chi connectivity index (χ3v) is 5.59. The van der Waals surface area contributed by atoms with Gasteiger partial charge in [0, 0.05) is 37.7 Å². The van der Waals surface area contributed by atoms with Crippen LogP contribution in [0.1, 0.15) is 55.5 Å². The second-order valence-electron chi connectivity index (χ2n) is 7.26. The van der Waals surface area contributed by atoms with Gasteiger partial charge in [0.25, 0.3) is 5.91 Å². The second kappa shape index (κ2) is 8.56. The van der Waals surface area contributed by atoms with Gasteiger partial charge in [-0.3, -0.25) is 9.59 Å². The zero-order valence-electron chi connectivity index (χ0n) is 16.0. The van der Waals surface area contributed by atoms with E-state index in [2.05, 4.69) is 13.8 Å². The van der Waals surface area contributed by atoms with Gasteiger partial charge in [0.2, 0.25) is 5.91 Å². The lowest BCUT2D eigenvalue weighted by molar-refractivity contribution is -0.135. The van der Waals surface area contributed by atoms with E-state index in [9.17, 15) is 9.59 Å². The van der Waals surface area contributed by atoms with Crippen molar-refractivity contribution in [1.29, 1.82) is 0 Å². The molecule has 2 aliphatic heterocycles. The van der Waals surface area contributed by atoms with Crippen LogP contribution in [0.25, 0.3) is 0 Å². The average molecular weight is 358 g/mol. The minimum Gasteiger partial charge on any atom is -0.493 e. The summed E-state index contributed by atoms with van der Waals surface area (Å²) in [5.74, 6) is 1.33. The van der Waals surface area contributed by atoms with Crippen molar-refractivity contribution >= 4 is 11.8 Å². The number of carbonyl (C=O) groups excluding carboxylic acids is 2. The molecule has 2 aliphatic rings. The summed E-state index contributed by atoms with van der Waals surface area (Å²) < 4.78 is 5.64. The van der Waals surface area contributed by atoms with Gasteiger partial charge in [0.15, 0.2) is 0 Å². The molecule has 0 aliphatic carbocycles. The number of ether oxygens (including phenoxy) is 1. The van der Waals surface area contributed by atoms with Crippen LogP contribution >= 0.6 is 0 Å². The number of fused-ring (bicyclic) bond motifs is 1. The maximum atomic E-state index is 12.9. The Kier molecular flexibility index (Phi) is 6.17. The Hall–Kier alpha value is -2.04. The first kappa shape index (κ1) is 18.7. The summed E-state index contributed by atoms with van der Waals surface area (Å²) >= 11 is 0. The molecule has 0 N–H and O–H groups in total. The predicted molar refractivity (Wildman–Crippen MR) is 101 cm³/mol. The minimum atomic E-state index is 0.0650. The highest BCUT2D eigenvalue weighted by atomic mass is 16.5. The number of amides is 2. The molecule has 0 saturated carbocycles. The van der Waals surface area contributed by atoms with Crippen LogP contribution in [0.3, 0.4) is 0 Å². The number of carbonyl (C=O) groups is 2. The lowest BCUT2D eigenvalue weighted by atomic mass is 10.0. The van der Waals surface area contributed by atoms with Gasteiger partial charge >= 0.3 is 0 Å². The number of nitrogens with zero attached hydrogens (tertiary/aromatic N) is 2. The van der Waals surface area contributed by atoms with E-state index >= 15 is 0 Å². The van der Waals surface area contributed by atoms with Crippen LogP contribution in [0.15, 0.2) is 18.2 Å². The summed E-state index contributed by atoms with van der Waals surface area (Å²) in [6, 6.07) is 5.77. The zero-order chi connectivity index (χ0) is 18.5. The number of hydrogen-bond donors (Lipinski definition) is 0. The first-order valence-electron chi connectivity index (χ1n) is 9.97. The van der Waals surface area contributed by atoms with Gasteiger partial charge in [-0.15, -0.1) is 0 Å². The molecule has 5 nitrogen and oxygen atoms in total. The predicted octanol–water partition coefficient (Wildman–Crippen LogP) is 3.12. The van der Waals surface area contributed by atoms with Gasteiger partial charge in [-0.05, 0) is 55.9 Å². The van der Waals surface area contributed by atoms with E-state index in [4.69, 9.17) is 4.74 Å². The molecule has 1 saturated heterocycles. The normalized spacial score (nSPS) is 17.5. The van der Waals surface area contributed by atoms with Crippen molar-refractivity contribution in [3.05, 3.63) is 29.3 Å². The van der Waals surface area contributed by atoms with E-state index < -0.39 is 0 Å². The van der Waals surface area contributed by atoms with Crippen LogP contribution in [-0.4, -0.2) is 54.4 Å². The van der Waals surface area contributed by atoms with E-state index in [1.165, 1.54) is 0 Å². The SMILES string of the molecule is CCC(CC)C(=O)N1CCCN(C(=O)c2ccc3c(c2)CCCO3)CC1. The largest absolute Gasteiger partial charge is 0.493 e. The third kappa shape index (κ3) is 4.02. The summed E-state index contributed by atoms with van der Waals surface area (Å²) in [4.78, 5) is 29.4. The molecular formula is C21H30N2O3. The summed E-state index contributed by atoms with van der Waals surface area (Å²) in [5.41, 5.74) is 1.86. The van der Waals surface area contributed by atoms with E-state index in [0.29, 0.717) is 19.6 Å². The Bertz CT molecular complexity index is 655. The monoisotopic (exact) mass is 358 g/mol. The average Bonchev–Trinajstić information content (AvgIpc) is 2.94. The molecule has 26 heavy (non-hydrogen) atoms. The molecule has 142 valence electrons. The van der Waals surface area contributed by atoms with Crippen LogP contribution in [0.2, 0.25) is 0 Å². The van der Waals surface area contributed by atoms with Gasteiger partial charge < -0.3 is 14.5 Å². The van der Waals surface area contributed by atoms with Crippen LogP contribution in [-0.2, 0) is 11.2 Å². The quantitative estimate of drug-likeness (QED) is 0.831. The molecule has 3 rings (SSSR count). The van der Waals surface area contributed by atoms with Gasteiger partial charge in [-0.2, -0.15) is 0 Å². The van der Waals surface area contributed by atoms with Crippen molar-refractivity contribution in [1.82, 2.24) is 9.80 Å². The Balaban J connectivity index is 1.65. The first-order chi connectivity index (χ1) is 12.6. The van der Waals surface area contributed by atoms with E-state index in [-0.39, 0.29) is 17.7 Å². The molecule has 0 spiro atoms. The third-order valence-electron chi connectivity index (χ3n) is 5.59. The summed E-state index contributed by atoms with van der Waals surface area (Å²) in [6.45, 7) is 7.59. The lowest BCUT2D eigenvalue weighted by Gasteiger charge is -2.25. The second-order valence-corrected chi connectivity index (χ2v) is 7.26. The smallest absolute Gasteiger partial charge is 0.253 e. The molecule has 1 aromatic rings. The lowest BCUT2D eigenvalue weighted by Crippen LogP contribution is -2.39.